The third kappa shape index (κ3) is 3.26. The van der Waals surface area contributed by atoms with Crippen molar-refractivity contribution in [3.63, 3.8) is 0 Å². The summed E-state index contributed by atoms with van der Waals surface area (Å²) in [6.07, 6.45) is 3.91. The molecule has 106 valence electrons. The van der Waals surface area contributed by atoms with E-state index >= 15 is 0 Å². The highest BCUT2D eigenvalue weighted by Crippen LogP contribution is 2.20. The normalized spacial score (nSPS) is 11.4. The summed E-state index contributed by atoms with van der Waals surface area (Å²) in [5.41, 5.74) is 4.02. The molecule has 0 saturated carbocycles. The number of fused-ring (bicyclic) bond motifs is 1. The molecule has 0 unspecified atom stereocenters. The van der Waals surface area contributed by atoms with Crippen LogP contribution >= 0.6 is 22.6 Å². The van der Waals surface area contributed by atoms with Crippen LogP contribution in [0.15, 0.2) is 46.9 Å². The van der Waals surface area contributed by atoms with Crippen molar-refractivity contribution >= 4 is 51.5 Å². The predicted molar refractivity (Wildman–Crippen MR) is 96.4 cm³/mol. The fraction of sp³-hybridized carbons (Fsp3) is 0.118. The van der Waals surface area contributed by atoms with Gasteiger partial charge in [-0.2, -0.15) is 0 Å². The van der Waals surface area contributed by atoms with E-state index < -0.39 is 0 Å². The van der Waals surface area contributed by atoms with Crippen LogP contribution in [0.2, 0.25) is 0 Å². The van der Waals surface area contributed by atoms with Crippen molar-refractivity contribution in [1.29, 1.82) is 0 Å². The van der Waals surface area contributed by atoms with Gasteiger partial charge in [-0.1, -0.05) is 12.1 Å². The minimum atomic E-state index is 0.628. The highest BCUT2D eigenvalue weighted by atomic mass is 127. The van der Waals surface area contributed by atoms with Gasteiger partial charge in [-0.25, -0.2) is 4.98 Å². The summed E-state index contributed by atoms with van der Waals surface area (Å²) in [6, 6.07) is 14.3. The Morgan fingerprint density at radius 2 is 1.81 bits per heavy atom. The minimum absolute atomic E-state index is 0.628. The Kier molecular flexibility index (Phi) is 3.96. The summed E-state index contributed by atoms with van der Waals surface area (Å²) >= 11 is 2.27. The van der Waals surface area contributed by atoms with E-state index in [1.165, 1.54) is 5.69 Å². The molecular weight excluding hydrogens is 375 g/mol. The number of oxazole rings is 1. The zero-order valence-corrected chi connectivity index (χ0v) is 14.0. The summed E-state index contributed by atoms with van der Waals surface area (Å²) < 4.78 is 6.87. The molecule has 2 aromatic carbocycles. The Balaban J connectivity index is 1.83. The van der Waals surface area contributed by atoms with Gasteiger partial charge in [-0.15, -0.1) is 0 Å². The van der Waals surface area contributed by atoms with Crippen molar-refractivity contribution in [2.75, 3.05) is 19.0 Å². The van der Waals surface area contributed by atoms with Crippen molar-refractivity contribution in [1.82, 2.24) is 4.98 Å². The Morgan fingerprint density at radius 1 is 1.05 bits per heavy atom. The van der Waals surface area contributed by atoms with Crippen LogP contribution in [0.3, 0.4) is 0 Å². The molecule has 0 aliphatic rings. The van der Waals surface area contributed by atoms with Crippen molar-refractivity contribution in [2.45, 2.75) is 0 Å². The first-order valence-electron chi connectivity index (χ1n) is 6.63. The quantitative estimate of drug-likeness (QED) is 0.609. The van der Waals surface area contributed by atoms with Crippen LogP contribution in [0.5, 0.6) is 0 Å². The van der Waals surface area contributed by atoms with Gasteiger partial charge in [0.15, 0.2) is 5.58 Å². The van der Waals surface area contributed by atoms with E-state index in [1.807, 2.05) is 44.4 Å². The van der Waals surface area contributed by atoms with E-state index in [9.17, 15) is 0 Å². The summed E-state index contributed by atoms with van der Waals surface area (Å²) in [5, 5.41) is 0. The average Bonchev–Trinajstić information content (AvgIpc) is 2.87. The number of benzene rings is 2. The first-order valence-corrected chi connectivity index (χ1v) is 7.71. The van der Waals surface area contributed by atoms with Gasteiger partial charge in [-0.3, -0.25) is 0 Å². The molecular formula is C17H15IN2O. The molecule has 21 heavy (non-hydrogen) atoms. The lowest BCUT2D eigenvalue weighted by Crippen LogP contribution is -2.07. The fourth-order valence-corrected chi connectivity index (χ4v) is 2.50. The second kappa shape index (κ2) is 5.89. The average molecular weight is 390 g/mol. The Morgan fingerprint density at radius 3 is 2.52 bits per heavy atom. The number of aromatic nitrogens is 1. The van der Waals surface area contributed by atoms with Crippen LogP contribution in [0.4, 0.5) is 5.69 Å². The molecule has 0 aliphatic heterocycles. The molecule has 0 radical (unpaired) electrons. The van der Waals surface area contributed by atoms with Gasteiger partial charge in [0, 0.05) is 29.4 Å². The van der Waals surface area contributed by atoms with E-state index in [4.69, 9.17) is 4.42 Å². The van der Waals surface area contributed by atoms with Crippen molar-refractivity contribution in [3.8, 4) is 0 Å². The van der Waals surface area contributed by atoms with Crippen molar-refractivity contribution in [2.24, 2.45) is 0 Å². The maximum absolute atomic E-state index is 5.72. The van der Waals surface area contributed by atoms with Gasteiger partial charge in [0.25, 0.3) is 0 Å². The second-order valence-corrected chi connectivity index (χ2v) is 6.23. The standard InChI is InChI=1S/C17H15IN2O/c1-20(2)14-7-3-12(4-8-14)5-10-17-19-15-9-6-13(18)11-16(15)21-17/h3-11H,1-2H3/b10-5+. The molecule has 0 spiro atoms. The van der Waals surface area contributed by atoms with Crippen LogP contribution in [-0.2, 0) is 0 Å². The molecule has 3 rings (SSSR count). The summed E-state index contributed by atoms with van der Waals surface area (Å²) in [5.74, 6) is 0.628. The first kappa shape index (κ1) is 14.1. The van der Waals surface area contributed by atoms with E-state index in [0.717, 1.165) is 20.2 Å². The number of hydrogen-bond acceptors (Lipinski definition) is 3. The number of halogens is 1. The smallest absolute Gasteiger partial charge is 0.220 e. The summed E-state index contributed by atoms with van der Waals surface area (Å²) in [6.45, 7) is 0. The third-order valence-corrected chi connectivity index (χ3v) is 3.87. The Bertz CT molecular complexity index is 788. The Labute approximate surface area is 137 Å². The van der Waals surface area contributed by atoms with Crippen molar-refractivity contribution in [3.05, 3.63) is 57.5 Å². The molecule has 0 fully saturated rings. The molecule has 1 heterocycles. The lowest BCUT2D eigenvalue weighted by molar-refractivity contribution is 0.589. The van der Waals surface area contributed by atoms with Gasteiger partial charge in [0.2, 0.25) is 5.89 Å². The Hall–Kier alpha value is -1.82. The summed E-state index contributed by atoms with van der Waals surface area (Å²) in [7, 11) is 4.06. The van der Waals surface area contributed by atoms with Crippen molar-refractivity contribution < 1.29 is 4.42 Å². The highest BCUT2D eigenvalue weighted by Gasteiger charge is 2.03. The van der Waals surface area contributed by atoms with E-state index in [2.05, 4.69) is 56.7 Å². The number of anilines is 1. The topological polar surface area (TPSA) is 29.3 Å². The number of nitrogens with zero attached hydrogens (tertiary/aromatic N) is 2. The van der Waals surface area contributed by atoms with E-state index in [1.54, 1.807) is 0 Å². The van der Waals surface area contributed by atoms with Crippen LogP contribution < -0.4 is 4.90 Å². The van der Waals surface area contributed by atoms with Gasteiger partial charge in [0.05, 0.1) is 0 Å². The molecule has 0 amide bonds. The predicted octanol–water partition coefficient (Wildman–Crippen LogP) is 4.67. The fourth-order valence-electron chi connectivity index (χ4n) is 2.04. The highest BCUT2D eigenvalue weighted by molar-refractivity contribution is 14.1. The molecule has 3 aromatic rings. The molecule has 0 aliphatic carbocycles. The lowest BCUT2D eigenvalue weighted by Gasteiger charge is -2.11. The molecule has 1 aromatic heterocycles. The van der Waals surface area contributed by atoms with Crippen LogP contribution in [-0.4, -0.2) is 19.1 Å². The zero-order chi connectivity index (χ0) is 14.8. The van der Waals surface area contributed by atoms with Gasteiger partial charge < -0.3 is 9.32 Å². The first-order chi connectivity index (χ1) is 10.1. The maximum atomic E-state index is 5.72. The van der Waals surface area contributed by atoms with Crippen LogP contribution in [0.25, 0.3) is 23.3 Å². The SMILES string of the molecule is CN(C)c1ccc(/C=C/c2nc3ccc(I)cc3o2)cc1. The molecule has 0 saturated heterocycles. The molecule has 0 bridgehead atoms. The maximum Gasteiger partial charge on any atom is 0.220 e. The minimum Gasteiger partial charge on any atom is -0.437 e. The number of hydrogen-bond donors (Lipinski definition) is 0. The van der Waals surface area contributed by atoms with E-state index in [0.29, 0.717) is 5.89 Å². The molecule has 0 atom stereocenters. The van der Waals surface area contributed by atoms with Gasteiger partial charge in [0.1, 0.15) is 5.52 Å². The monoisotopic (exact) mass is 390 g/mol. The molecule has 3 nitrogen and oxygen atoms in total. The lowest BCUT2D eigenvalue weighted by atomic mass is 10.2. The third-order valence-electron chi connectivity index (χ3n) is 3.19. The second-order valence-electron chi connectivity index (χ2n) is 4.98. The van der Waals surface area contributed by atoms with E-state index in [-0.39, 0.29) is 0 Å². The number of rotatable bonds is 3. The zero-order valence-electron chi connectivity index (χ0n) is 11.9. The molecule has 4 heteroatoms. The van der Waals surface area contributed by atoms with Gasteiger partial charge in [-0.05, 0) is 64.6 Å². The summed E-state index contributed by atoms with van der Waals surface area (Å²) in [4.78, 5) is 6.53. The largest absolute Gasteiger partial charge is 0.437 e. The molecule has 0 N–H and O–H groups in total. The van der Waals surface area contributed by atoms with Gasteiger partial charge >= 0.3 is 0 Å². The van der Waals surface area contributed by atoms with Crippen LogP contribution in [0.1, 0.15) is 11.5 Å². The van der Waals surface area contributed by atoms with Crippen LogP contribution in [0, 0.1) is 3.57 Å².